The van der Waals surface area contributed by atoms with Crippen LogP contribution in [-0.4, -0.2) is 39.1 Å². The van der Waals surface area contributed by atoms with Gasteiger partial charge in [0.1, 0.15) is 11.9 Å². The number of nitrogens with one attached hydrogen (secondary N) is 1. The van der Waals surface area contributed by atoms with Crippen LogP contribution in [0.4, 0.5) is 21.5 Å². The van der Waals surface area contributed by atoms with Crippen molar-refractivity contribution in [2.75, 3.05) is 27.3 Å². The fraction of sp³-hybridized carbons (Fsp3) is 0.333. The Kier molecular flexibility index (Phi) is 6.40. The molecule has 30 heavy (non-hydrogen) atoms. The average molecular weight is 434 g/mol. The molecule has 0 aromatic heterocycles. The van der Waals surface area contributed by atoms with Crippen LogP contribution in [0.2, 0.25) is 0 Å². The molecule has 1 fully saturated rings. The molecule has 3 rings (SSSR count). The lowest BCUT2D eigenvalue weighted by Gasteiger charge is -2.30. The molecule has 160 valence electrons. The molecule has 9 heteroatoms. The predicted octanol–water partition coefficient (Wildman–Crippen LogP) is 3.14. The van der Waals surface area contributed by atoms with Crippen LogP contribution in [0.25, 0.3) is 0 Å². The van der Waals surface area contributed by atoms with E-state index in [0.717, 1.165) is 28.7 Å². The Morgan fingerprint density at radius 3 is 2.40 bits per heavy atom. The largest absolute Gasteiger partial charge is 0.324 e. The number of rotatable bonds is 7. The summed E-state index contributed by atoms with van der Waals surface area (Å²) in [5.74, 6) is -1.24. The first-order chi connectivity index (χ1) is 14.2. The highest BCUT2D eigenvalue weighted by molar-refractivity contribution is 7.92. The maximum Gasteiger partial charge on any atom is 0.248 e. The first-order valence-electron chi connectivity index (χ1n) is 9.67. The Bertz CT molecular complexity index is 1040. The molecule has 1 aliphatic rings. The summed E-state index contributed by atoms with van der Waals surface area (Å²) in [5, 5.41) is 2.69. The summed E-state index contributed by atoms with van der Waals surface area (Å²) in [7, 11) is -3.92. The third-order valence-electron chi connectivity index (χ3n) is 4.94. The summed E-state index contributed by atoms with van der Waals surface area (Å²) in [6.07, 6.45) is 2.42. The molecule has 1 saturated heterocycles. The minimum atomic E-state index is -3.92. The SMILES string of the molecule is CC[C@@H](C(=O)Nc1ccc(N2CCCC2=O)cc1)N(c1ccccc1F)S(C)(=O)=O. The molecule has 1 atom stereocenters. The van der Waals surface area contributed by atoms with Crippen molar-refractivity contribution in [3.8, 4) is 0 Å². The molecule has 1 N–H and O–H groups in total. The topological polar surface area (TPSA) is 86.8 Å². The van der Waals surface area contributed by atoms with Gasteiger partial charge >= 0.3 is 0 Å². The van der Waals surface area contributed by atoms with Crippen molar-refractivity contribution in [2.24, 2.45) is 0 Å². The van der Waals surface area contributed by atoms with E-state index in [4.69, 9.17) is 0 Å². The van der Waals surface area contributed by atoms with Crippen molar-refractivity contribution < 1.29 is 22.4 Å². The highest BCUT2D eigenvalue weighted by Gasteiger charge is 2.33. The molecule has 2 aromatic rings. The zero-order valence-electron chi connectivity index (χ0n) is 16.8. The maximum absolute atomic E-state index is 14.3. The smallest absolute Gasteiger partial charge is 0.248 e. The number of hydrogen-bond donors (Lipinski definition) is 1. The van der Waals surface area contributed by atoms with Gasteiger partial charge in [-0.05, 0) is 49.2 Å². The van der Waals surface area contributed by atoms with Crippen LogP contribution in [0.5, 0.6) is 0 Å². The van der Waals surface area contributed by atoms with Crippen LogP contribution in [0, 0.1) is 5.82 Å². The normalized spacial score (nSPS) is 15.2. The minimum Gasteiger partial charge on any atom is -0.324 e. The summed E-state index contributed by atoms with van der Waals surface area (Å²) < 4.78 is 39.9. The second kappa shape index (κ2) is 8.83. The lowest BCUT2D eigenvalue weighted by atomic mass is 10.1. The molecule has 0 bridgehead atoms. The molecular formula is C21H24FN3O4S. The number of carbonyl (C=O) groups is 2. The Morgan fingerprint density at radius 1 is 1.20 bits per heavy atom. The Morgan fingerprint density at radius 2 is 1.87 bits per heavy atom. The van der Waals surface area contributed by atoms with Gasteiger partial charge in [-0.2, -0.15) is 0 Å². The van der Waals surface area contributed by atoms with E-state index < -0.39 is 27.8 Å². The van der Waals surface area contributed by atoms with Crippen molar-refractivity contribution in [1.82, 2.24) is 0 Å². The van der Waals surface area contributed by atoms with Crippen LogP contribution in [0.15, 0.2) is 48.5 Å². The first kappa shape index (κ1) is 21.8. The van der Waals surface area contributed by atoms with Crippen LogP contribution in [0.1, 0.15) is 26.2 Å². The Balaban J connectivity index is 1.82. The molecule has 2 aromatic carbocycles. The number of nitrogens with zero attached hydrogens (tertiary/aromatic N) is 2. The second-order valence-electron chi connectivity index (χ2n) is 7.12. The van der Waals surface area contributed by atoms with Gasteiger partial charge < -0.3 is 10.2 Å². The van der Waals surface area contributed by atoms with E-state index in [0.29, 0.717) is 18.7 Å². The van der Waals surface area contributed by atoms with E-state index in [2.05, 4.69) is 5.32 Å². The van der Waals surface area contributed by atoms with Gasteiger partial charge in [-0.1, -0.05) is 19.1 Å². The van der Waals surface area contributed by atoms with Gasteiger partial charge in [-0.25, -0.2) is 12.8 Å². The fourth-order valence-electron chi connectivity index (χ4n) is 3.54. The number of amides is 2. The standard InChI is InChI=1S/C21H24FN3O4S/c1-3-18(25(30(2,28)29)19-8-5-4-7-17(19)22)21(27)23-15-10-12-16(13-11-15)24-14-6-9-20(24)26/h4-5,7-8,10-13,18H,3,6,9,14H2,1-2H3,(H,23,27)/t18-/m0/s1. The molecule has 0 unspecified atom stereocenters. The molecule has 7 nitrogen and oxygen atoms in total. The molecule has 1 aliphatic heterocycles. The monoisotopic (exact) mass is 433 g/mol. The lowest BCUT2D eigenvalue weighted by molar-refractivity contribution is -0.118. The zero-order valence-corrected chi connectivity index (χ0v) is 17.7. The molecule has 1 heterocycles. The summed E-state index contributed by atoms with van der Waals surface area (Å²) in [6.45, 7) is 2.32. The van der Waals surface area contributed by atoms with Crippen LogP contribution >= 0.6 is 0 Å². The van der Waals surface area contributed by atoms with Gasteiger partial charge in [-0.15, -0.1) is 0 Å². The van der Waals surface area contributed by atoms with Gasteiger partial charge in [0.2, 0.25) is 21.8 Å². The molecule has 0 saturated carbocycles. The highest BCUT2D eigenvalue weighted by atomic mass is 32.2. The van der Waals surface area contributed by atoms with Crippen LogP contribution in [-0.2, 0) is 19.6 Å². The number of anilines is 3. The molecule has 2 amide bonds. The van der Waals surface area contributed by atoms with Gasteiger partial charge in [0.15, 0.2) is 0 Å². The van der Waals surface area contributed by atoms with E-state index in [-0.39, 0.29) is 18.0 Å². The molecule has 0 spiro atoms. The molecule has 0 radical (unpaired) electrons. The summed E-state index contributed by atoms with van der Waals surface area (Å²) >= 11 is 0. The summed E-state index contributed by atoms with van der Waals surface area (Å²) in [4.78, 5) is 26.4. The van der Waals surface area contributed by atoms with Crippen LogP contribution < -0.4 is 14.5 Å². The maximum atomic E-state index is 14.3. The van der Waals surface area contributed by atoms with Gasteiger partial charge in [0, 0.05) is 24.3 Å². The number of hydrogen-bond acceptors (Lipinski definition) is 4. The van der Waals surface area contributed by atoms with Crippen molar-refractivity contribution in [2.45, 2.75) is 32.2 Å². The van der Waals surface area contributed by atoms with Crippen molar-refractivity contribution in [1.29, 1.82) is 0 Å². The molecule has 0 aliphatic carbocycles. The number of para-hydroxylation sites is 1. The lowest BCUT2D eigenvalue weighted by Crippen LogP contribution is -2.47. The van der Waals surface area contributed by atoms with Crippen molar-refractivity contribution in [3.05, 3.63) is 54.3 Å². The van der Waals surface area contributed by atoms with Crippen molar-refractivity contribution >= 4 is 38.9 Å². The number of benzene rings is 2. The quantitative estimate of drug-likeness (QED) is 0.727. The highest BCUT2D eigenvalue weighted by Crippen LogP contribution is 2.27. The second-order valence-corrected chi connectivity index (χ2v) is 8.98. The average Bonchev–Trinajstić information content (AvgIpc) is 3.12. The van der Waals surface area contributed by atoms with Gasteiger partial charge in [-0.3, -0.25) is 13.9 Å². The van der Waals surface area contributed by atoms with Gasteiger partial charge in [0.05, 0.1) is 11.9 Å². The first-order valence-corrected chi connectivity index (χ1v) is 11.5. The third kappa shape index (κ3) is 4.62. The van der Waals surface area contributed by atoms with E-state index in [1.54, 1.807) is 36.1 Å². The van der Waals surface area contributed by atoms with Crippen molar-refractivity contribution in [3.63, 3.8) is 0 Å². The van der Waals surface area contributed by atoms with Crippen LogP contribution in [0.3, 0.4) is 0 Å². The van der Waals surface area contributed by atoms with E-state index in [9.17, 15) is 22.4 Å². The minimum absolute atomic E-state index is 0.0616. The fourth-order valence-corrected chi connectivity index (χ4v) is 4.75. The Labute approximate surface area is 175 Å². The predicted molar refractivity (Wildman–Crippen MR) is 114 cm³/mol. The summed E-state index contributed by atoms with van der Waals surface area (Å²) in [5.41, 5.74) is 1.02. The van der Waals surface area contributed by atoms with E-state index in [1.165, 1.54) is 18.2 Å². The third-order valence-corrected chi connectivity index (χ3v) is 6.11. The number of carbonyl (C=O) groups excluding carboxylic acids is 2. The number of sulfonamides is 1. The summed E-state index contributed by atoms with van der Waals surface area (Å²) in [6, 6.07) is 11.1. The molecular weight excluding hydrogens is 409 g/mol. The zero-order chi connectivity index (χ0) is 21.9. The number of halogens is 1. The van der Waals surface area contributed by atoms with Gasteiger partial charge in [0.25, 0.3) is 0 Å². The Hall–Kier alpha value is -2.94. The van der Waals surface area contributed by atoms with E-state index >= 15 is 0 Å². The van der Waals surface area contributed by atoms with E-state index in [1.807, 2.05) is 0 Å².